The predicted molar refractivity (Wildman–Crippen MR) is 107 cm³/mol. The molecule has 0 spiro atoms. The fourth-order valence-electron chi connectivity index (χ4n) is 4.24. The zero-order valence-electron chi connectivity index (χ0n) is 15.8. The highest BCUT2D eigenvalue weighted by molar-refractivity contribution is 7.89. The first-order valence-electron chi connectivity index (χ1n) is 9.65. The second-order valence-corrected chi connectivity index (χ2v) is 9.17. The summed E-state index contributed by atoms with van der Waals surface area (Å²) in [5.74, 6) is -0.0527. The second-order valence-electron chi connectivity index (χ2n) is 7.61. The van der Waals surface area contributed by atoms with E-state index in [1.54, 1.807) is 12.1 Å². The third-order valence-corrected chi connectivity index (χ3v) is 6.72. The molecular weight excluding hydrogens is 374 g/mol. The Balaban J connectivity index is 1.44. The van der Waals surface area contributed by atoms with Gasteiger partial charge in [-0.05, 0) is 54.7 Å². The molecule has 0 unspecified atom stereocenters. The van der Waals surface area contributed by atoms with E-state index >= 15 is 0 Å². The van der Waals surface area contributed by atoms with Crippen LogP contribution in [0.3, 0.4) is 0 Å². The molecule has 1 saturated heterocycles. The van der Waals surface area contributed by atoms with Crippen molar-refractivity contribution in [1.29, 1.82) is 0 Å². The Morgan fingerprint density at radius 1 is 1.00 bits per heavy atom. The van der Waals surface area contributed by atoms with Crippen molar-refractivity contribution in [3.63, 3.8) is 0 Å². The van der Waals surface area contributed by atoms with Gasteiger partial charge in [0, 0.05) is 37.8 Å². The first-order chi connectivity index (χ1) is 13.4. The molecule has 7 heteroatoms. The van der Waals surface area contributed by atoms with Gasteiger partial charge in [0.15, 0.2) is 0 Å². The van der Waals surface area contributed by atoms with Gasteiger partial charge in [-0.1, -0.05) is 24.3 Å². The monoisotopic (exact) mass is 399 g/mol. The number of fused-ring (bicyclic) bond motifs is 1. The molecule has 6 nitrogen and oxygen atoms in total. The molecule has 28 heavy (non-hydrogen) atoms. The minimum Gasteiger partial charge on any atom is -0.337 e. The van der Waals surface area contributed by atoms with Crippen LogP contribution in [0.5, 0.6) is 0 Å². The van der Waals surface area contributed by atoms with Gasteiger partial charge in [0.05, 0.1) is 4.90 Å². The van der Waals surface area contributed by atoms with Crippen molar-refractivity contribution in [2.75, 3.05) is 19.6 Å². The van der Waals surface area contributed by atoms with Crippen LogP contribution in [0.4, 0.5) is 0 Å². The average molecular weight is 400 g/mol. The molecule has 0 aliphatic carbocycles. The Labute approximate surface area is 166 Å². The Hall–Kier alpha value is -2.22. The lowest BCUT2D eigenvalue weighted by Gasteiger charge is -2.41. The third kappa shape index (κ3) is 3.97. The van der Waals surface area contributed by atoms with Gasteiger partial charge in [-0.25, -0.2) is 13.6 Å². The van der Waals surface area contributed by atoms with Crippen LogP contribution in [0.2, 0.25) is 0 Å². The fraction of sp³-hybridized carbons (Fsp3) is 0.381. The van der Waals surface area contributed by atoms with Gasteiger partial charge < -0.3 is 4.90 Å². The normalized spacial score (nSPS) is 20.6. The first kappa shape index (κ1) is 19.1. The van der Waals surface area contributed by atoms with E-state index in [1.165, 1.54) is 23.3 Å². The van der Waals surface area contributed by atoms with Crippen LogP contribution in [0.1, 0.15) is 34.3 Å². The number of carbonyl (C=O) groups excluding carboxylic acids is 1. The van der Waals surface area contributed by atoms with Gasteiger partial charge in [-0.15, -0.1) is 0 Å². The van der Waals surface area contributed by atoms with Gasteiger partial charge in [0.2, 0.25) is 10.0 Å². The molecule has 0 radical (unpaired) electrons. The number of primary sulfonamides is 1. The molecule has 0 aromatic heterocycles. The fourth-order valence-corrected chi connectivity index (χ4v) is 4.75. The molecule has 2 aliphatic rings. The molecule has 2 N–H and O–H groups in total. The van der Waals surface area contributed by atoms with Crippen molar-refractivity contribution >= 4 is 15.9 Å². The van der Waals surface area contributed by atoms with Crippen molar-refractivity contribution in [2.24, 2.45) is 5.14 Å². The number of carbonyl (C=O) groups is 1. The Kier molecular flexibility index (Phi) is 5.23. The molecule has 1 fully saturated rings. The summed E-state index contributed by atoms with van der Waals surface area (Å²) in [6.45, 7) is 3.40. The summed E-state index contributed by atoms with van der Waals surface area (Å²) >= 11 is 0. The molecule has 2 heterocycles. The lowest BCUT2D eigenvalue weighted by molar-refractivity contribution is 0.0549. The largest absolute Gasteiger partial charge is 0.337 e. The summed E-state index contributed by atoms with van der Waals surface area (Å²) in [7, 11) is -3.75. The molecule has 2 aromatic rings. The van der Waals surface area contributed by atoms with Gasteiger partial charge in [0.25, 0.3) is 5.91 Å². The summed E-state index contributed by atoms with van der Waals surface area (Å²) in [5, 5.41) is 5.13. The van der Waals surface area contributed by atoms with Crippen molar-refractivity contribution in [3.05, 3.63) is 65.2 Å². The maximum Gasteiger partial charge on any atom is 0.253 e. The zero-order chi connectivity index (χ0) is 19.7. The quantitative estimate of drug-likeness (QED) is 0.856. The van der Waals surface area contributed by atoms with Crippen LogP contribution in [0.15, 0.2) is 53.4 Å². The number of amides is 1. The number of hydrogen-bond acceptors (Lipinski definition) is 4. The molecule has 2 aromatic carbocycles. The molecule has 1 amide bonds. The first-order valence-corrected chi connectivity index (χ1v) is 11.2. The van der Waals surface area contributed by atoms with E-state index in [0.717, 1.165) is 38.9 Å². The van der Waals surface area contributed by atoms with Gasteiger partial charge in [0.1, 0.15) is 0 Å². The number of piperidine rings is 1. The smallest absolute Gasteiger partial charge is 0.253 e. The highest BCUT2D eigenvalue weighted by Gasteiger charge is 2.30. The minimum atomic E-state index is -3.75. The third-order valence-electron chi connectivity index (χ3n) is 5.79. The van der Waals surface area contributed by atoms with Crippen molar-refractivity contribution in [3.8, 4) is 0 Å². The maximum absolute atomic E-state index is 12.9. The highest BCUT2D eigenvalue weighted by Crippen LogP contribution is 2.25. The van der Waals surface area contributed by atoms with E-state index in [0.29, 0.717) is 18.2 Å². The zero-order valence-corrected chi connectivity index (χ0v) is 16.6. The number of nitrogens with two attached hydrogens (primary N) is 1. The van der Waals surface area contributed by atoms with Crippen molar-refractivity contribution < 1.29 is 13.2 Å². The number of hydrogen-bond donors (Lipinski definition) is 1. The maximum atomic E-state index is 12.9. The van der Waals surface area contributed by atoms with Crippen LogP contribution < -0.4 is 5.14 Å². The van der Waals surface area contributed by atoms with Crippen LogP contribution in [-0.4, -0.2) is 49.8 Å². The summed E-state index contributed by atoms with van der Waals surface area (Å²) < 4.78 is 22.8. The van der Waals surface area contributed by atoms with Gasteiger partial charge >= 0.3 is 0 Å². The molecule has 148 valence electrons. The Morgan fingerprint density at radius 3 is 2.43 bits per heavy atom. The second kappa shape index (κ2) is 7.66. The number of sulfonamides is 1. The summed E-state index contributed by atoms with van der Waals surface area (Å²) in [6, 6.07) is 14.8. The van der Waals surface area contributed by atoms with E-state index in [-0.39, 0.29) is 10.8 Å². The van der Waals surface area contributed by atoms with Crippen LogP contribution in [0, 0.1) is 0 Å². The lowest BCUT2D eigenvalue weighted by Crippen LogP contribution is -2.51. The van der Waals surface area contributed by atoms with Gasteiger partial charge in [-0.3, -0.25) is 9.69 Å². The van der Waals surface area contributed by atoms with Crippen LogP contribution >= 0.6 is 0 Å². The molecule has 1 atom stereocenters. The molecule has 4 rings (SSSR count). The van der Waals surface area contributed by atoms with E-state index in [2.05, 4.69) is 29.2 Å². The minimum absolute atomic E-state index is 0.0209. The number of benzene rings is 2. The molecular formula is C21H25N3O3S. The topological polar surface area (TPSA) is 83.7 Å². The molecule has 0 bridgehead atoms. The lowest BCUT2D eigenvalue weighted by atomic mass is 9.96. The van der Waals surface area contributed by atoms with Crippen molar-refractivity contribution in [1.82, 2.24) is 9.80 Å². The van der Waals surface area contributed by atoms with E-state index in [9.17, 15) is 13.2 Å². The standard InChI is InChI=1S/C21H25N3O3S/c22-28(26,27)20-9-7-17(8-10-20)21(25)24-12-3-6-19(15-24)23-13-11-16-4-1-2-5-18(16)14-23/h1-2,4-5,7-10,19H,3,6,11-15H2,(H2,22,26,27)/t19-/m1/s1. The highest BCUT2D eigenvalue weighted by atomic mass is 32.2. The van der Waals surface area contributed by atoms with E-state index < -0.39 is 10.0 Å². The summed E-state index contributed by atoms with van der Waals surface area (Å²) in [6.07, 6.45) is 3.12. The average Bonchev–Trinajstić information content (AvgIpc) is 2.72. The Morgan fingerprint density at radius 2 is 1.71 bits per heavy atom. The molecule has 2 aliphatic heterocycles. The molecule has 0 saturated carbocycles. The van der Waals surface area contributed by atoms with Crippen LogP contribution in [-0.2, 0) is 23.0 Å². The number of rotatable bonds is 3. The van der Waals surface area contributed by atoms with Crippen LogP contribution in [0.25, 0.3) is 0 Å². The Bertz CT molecular complexity index is 973. The van der Waals surface area contributed by atoms with Crippen molar-refractivity contribution in [2.45, 2.75) is 36.7 Å². The van der Waals surface area contributed by atoms with Gasteiger partial charge in [-0.2, -0.15) is 0 Å². The van der Waals surface area contributed by atoms with E-state index in [4.69, 9.17) is 5.14 Å². The summed E-state index contributed by atoms with van der Waals surface area (Å²) in [5.41, 5.74) is 3.31. The number of likely N-dealkylation sites (tertiary alicyclic amines) is 1. The predicted octanol–water partition coefficient (Wildman–Crippen LogP) is 2.00. The van der Waals surface area contributed by atoms with E-state index in [1.807, 2.05) is 4.90 Å². The summed E-state index contributed by atoms with van der Waals surface area (Å²) in [4.78, 5) is 17.3. The SMILES string of the molecule is NS(=O)(=O)c1ccc(C(=O)N2CCC[C@@H](N3CCc4ccccc4C3)C2)cc1. The number of nitrogens with zero attached hydrogens (tertiary/aromatic N) is 2.